The average molecular weight is 397 g/mol. The maximum Gasteiger partial charge on any atom is 0.251 e. The predicted octanol–water partition coefficient (Wildman–Crippen LogP) is 4.51. The number of primary amides is 1. The molecule has 1 aliphatic carbocycles. The minimum atomic E-state index is -0.476. The highest BCUT2D eigenvalue weighted by Gasteiger charge is 2.28. The molecule has 3 aromatic rings. The van der Waals surface area contributed by atoms with Crippen LogP contribution in [0.1, 0.15) is 39.8 Å². The second-order valence-corrected chi connectivity index (χ2v) is 8.47. The summed E-state index contributed by atoms with van der Waals surface area (Å²) in [6.45, 7) is 4.13. The number of benzene rings is 1. The summed E-state index contributed by atoms with van der Waals surface area (Å²) in [5.41, 5.74) is 9.85. The summed E-state index contributed by atoms with van der Waals surface area (Å²) in [6.07, 6.45) is 3.17. The monoisotopic (exact) mass is 396 g/mol. The number of nitrogens with two attached hydrogens (primary N) is 1. The number of para-hydroxylation sites is 1. The van der Waals surface area contributed by atoms with Crippen molar-refractivity contribution in [1.29, 1.82) is 0 Å². The van der Waals surface area contributed by atoms with Gasteiger partial charge < -0.3 is 15.2 Å². The Hall–Kier alpha value is -2.60. The number of carbonyl (C=O) groups is 1. The molecule has 0 spiro atoms. The Morgan fingerprint density at radius 1 is 1.29 bits per heavy atom. The summed E-state index contributed by atoms with van der Waals surface area (Å²) in [5.74, 6) is 1.40. The number of fused-ring (bicyclic) bond motifs is 3. The van der Waals surface area contributed by atoms with E-state index in [0.29, 0.717) is 28.7 Å². The van der Waals surface area contributed by atoms with E-state index in [2.05, 4.69) is 6.92 Å². The quantitative estimate of drug-likeness (QED) is 0.704. The number of thiophene rings is 1. The molecule has 1 aromatic carbocycles. The smallest absolute Gasteiger partial charge is 0.251 e. The van der Waals surface area contributed by atoms with Crippen LogP contribution in [0.25, 0.3) is 21.3 Å². The zero-order valence-electron chi connectivity index (χ0n) is 16.6. The Morgan fingerprint density at radius 2 is 2.07 bits per heavy atom. The van der Waals surface area contributed by atoms with Crippen LogP contribution in [-0.2, 0) is 12.8 Å². The van der Waals surface area contributed by atoms with Gasteiger partial charge in [-0.1, -0.05) is 19.1 Å². The number of pyridine rings is 1. The van der Waals surface area contributed by atoms with E-state index in [4.69, 9.17) is 20.2 Å². The number of rotatable bonds is 4. The number of hydrogen-bond acceptors (Lipinski definition) is 5. The first kappa shape index (κ1) is 18.7. The summed E-state index contributed by atoms with van der Waals surface area (Å²) in [4.78, 5) is 19.6. The van der Waals surface area contributed by atoms with E-state index >= 15 is 0 Å². The fraction of sp³-hybridized carbons (Fsp3) is 0.364. The number of methoxy groups -OCH3 is 2. The third-order valence-electron chi connectivity index (χ3n) is 5.54. The van der Waals surface area contributed by atoms with Crippen LogP contribution >= 0.6 is 11.3 Å². The minimum absolute atomic E-state index is 0.457. The lowest BCUT2D eigenvalue weighted by Crippen LogP contribution is -2.16. The summed E-state index contributed by atoms with van der Waals surface area (Å²) in [6, 6.07) is 5.71. The van der Waals surface area contributed by atoms with E-state index in [9.17, 15) is 4.79 Å². The molecule has 1 amide bonds. The fourth-order valence-electron chi connectivity index (χ4n) is 4.24. The number of hydrogen-bond donors (Lipinski definition) is 1. The SMILES string of the molecule is COc1cccc(-c2c(C(N)=O)c(C)nc3sc4c(c23)CC[C@H](C)C4)c1OC. The molecule has 0 unspecified atom stereocenters. The molecule has 2 heterocycles. The summed E-state index contributed by atoms with van der Waals surface area (Å²) >= 11 is 1.74. The first-order chi connectivity index (χ1) is 13.5. The van der Waals surface area contributed by atoms with E-state index in [1.54, 1.807) is 25.6 Å². The molecule has 0 saturated heterocycles. The second kappa shape index (κ2) is 7.09. The number of carbonyl (C=O) groups excluding carboxylic acids is 1. The Labute approximate surface area is 168 Å². The zero-order chi connectivity index (χ0) is 20.0. The molecule has 0 saturated carbocycles. The standard InChI is InChI=1S/C22H24N2O3S/c1-11-8-9-13-16(10-11)28-22-19(13)18(17(21(23)25)12(2)24-22)14-6-5-7-15(26-3)20(14)27-4/h5-7,11H,8-10H2,1-4H3,(H2,23,25)/t11-/m0/s1. The topological polar surface area (TPSA) is 74.4 Å². The van der Waals surface area contributed by atoms with Crippen molar-refractivity contribution in [3.8, 4) is 22.6 Å². The first-order valence-electron chi connectivity index (χ1n) is 9.42. The Bertz CT molecular complexity index is 1090. The van der Waals surface area contributed by atoms with E-state index in [1.165, 1.54) is 10.4 Å². The molecule has 2 N–H and O–H groups in total. The van der Waals surface area contributed by atoms with Gasteiger partial charge in [-0.2, -0.15) is 0 Å². The van der Waals surface area contributed by atoms with Crippen LogP contribution < -0.4 is 15.2 Å². The van der Waals surface area contributed by atoms with Crippen molar-refractivity contribution in [1.82, 2.24) is 4.98 Å². The van der Waals surface area contributed by atoms with Gasteiger partial charge in [-0.15, -0.1) is 11.3 Å². The van der Waals surface area contributed by atoms with Crippen LogP contribution in [0.2, 0.25) is 0 Å². The van der Waals surface area contributed by atoms with Gasteiger partial charge in [-0.05, 0) is 43.7 Å². The predicted molar refractivity (Wildman–Crippen MR) is 113 cm³/mol. The first-order valence-corrected chi connectivity index (χ1v) is 10.2. The van der Waals surface area contributed by atoms with Gasteiger partial charge in [0.25, 0.3) is 5.91 Å². The van der Waals surface area contributed by atoms with Crippen LogP contribution in [0.5, 0.6) is 11.5 Å². The molecule has 0 aliphatic heterocycles. The molecule has 5 nitrogen and oxygen atoms in total. The highest BCUT2D eigenvalue weighted by Crippen LogP contribution is 2.47. The highest BCUT2D eigenvalue weighted by molar-refractivity contribution is 7.19. The van der Waals surface area contributed by atoms with E-state index in [1.807, 2.05) is 25.1 Å². The molecule has 1 aliphatic rings. The third kappa shape index (κ3) is 2.83. The van der Waals surface area contributed by atoms with Gasteiger partial charge in [0.15, 0.2) is 11.5 Å². The molecular weight excluding hydrogens is 372 g/mol. The van der Waals surface area contributed by atoms with Crippen LogP contribution in [0.3, 0.4) is 0 Å². The lowest BCUT2D eigenvalue weighted by Gasteiger charge is -2.20. The van der Waals surface area contributed by atoms with Gasteiger partial charge in [-0.25, -0.2) is 4.98 Å². The van der Waals surface area contributed by atoms with E-state index in [-0.39, 0.29) is 0 Å². The summed E-state index contributed by atoms with van der Waals surface area (Å²) in [5, 5.41) is 1.04. The van der Waals surface area contributed by atoms with Crippen molar-refractivity contribution in [2.24, 2.45) is 11.7 Å². The maximum absolute atomic E-state index is 12.5. The van der Waals surface area contributed by atoms with Crippen molar-refractivity contribution < 1.29 is 14.3 Å². The molecule has 0 radical (unpaired) electrons. The van der Waals surface area contributed by atoms with E-state index < -0.39 is 5.91 Å². The number of aromatic nitrogens is 1. The molecule has 146 valence electrons. The van der Waals surface area contributed by atoms with Gasteiger partial charge in [0.1, 0.15) is 4.83 Å². The highest BCUT2D eigenvalue weighted by atomic mass is 32.1. The zero-order valence-corrected chi connectivity index (χ0v) is 17.4. The largest absolute Gasteiger partial charge is 0.493 e. The summed E-state index contributed by atoms with van der Waals surface area (Å²) < 4.78 is 11.2. The van der Waals surface area contributed by atoms with Crippen LogP contribution in [-0.4, -0.2) is 25.1 Å². The second-order valence-electron chi connectivity index (χ2n) is 7.38. The number of nitrogens with zero attached hydrogens (tertiary/aromatic N) is 1. The van der Waals surface area contributed by atoms with Crippen molar-refractivity contribution >= 4 is 27.5 Å². The molecule has 0 bridgehead atoms. The maximum atomic E-state index is 12.5. The lowest BCUT2D eigenvalue weighted by molar-refractivity contribution is 0.1000. The van der Waals surface area contributed by atoms with Crippen molar-refractivity contribution in [2.45, 2.75) is 33.1 Å². The van der Waals surface area contributed by atoms with Gasteiger partial charge in [-0.3, -0.25) is 4.79 Å². The van der Waals surface area contributed by atoms with E-state index in [0.717, 1.165) is 40.6 Å². The normalized spacial score (nSPS) is 16.1. The average Bonchev–Trinajstić information content (AvgIpc) is 3.02. The van der Waals surface area contributed by atoms with Crippen molar-refractivity contribution in [3.63, 3.8) is 0 Å². The fourth-order valence-corrected chi connectivity index (χ4v) is 5.68. The molecule has 2 aromatic heterocycles. The number of aryl methyl sites for hydroxylation is 2. The van der Waals surface area contributed by atoms with Crippen LogP contribution in [0, 0.1) is 12.8 Å². The Morgan fingerprint density at radius 3 is 2.75 bits per heavy atom. The molecular formula is C22H24N2O3S. The third-order valence-corrected chi connectivity index (χ3v) is 6.69. The van der Waals surface area contributed by atoms with Crippen LogP contribution in [0.15, 0.2) is 18.2 Å². The molecule has 1 atom stereocenters. The molecule has 4 rings (SSSR count). The lowest BCUT2D eigenvalue weighted by atomic mass is 9.86. The van der Waals surface area contributed by atoms with Gasteiger partial charge in [0.2, 0.25) is 0 Å². The van der Waals surface area contributed by atoms with Crippen molar-refractivity contribution in [3.05, 3.63) is 39.9 Å². The van der Waals surface area contributed by atoms with Crippen LogP contribution in [0.4, 0.5) is 0 Å². The molecule has 6 heteroatoms. The minimum Gasteiger partial charge on any atom is -0.493 e. The Kier molecular flexibility index (Phi) is 4.75. The van der Waals surface area contributed by atoms with Crippen molar-refractivity contribution in [2.75, 3.05) is 14.2 Å². The Balaban J connectivity index is 2.15. The van der Waals surface area contributed by atoms with Gasteiger partial charge in [0, 0.05) is 21.4 Å². The molecule has 0 fully saturated rings. The number of ether oxygens (including phenoxy) is 2. The van der Waals surface area contributed by atoms with Gasteiger partial charge >= 0.3 is 0 Å². The molecule has 28 heavy (non-hydrogen) atoms. The number of amides is 1. The van der Waals surface area contributed by atoms with Gasteiger partial charge in [0.05, 0.1) is 25.5 Å². The summed E-state index contributed by atoms with van der Waals surface area (Å²) in [7, 11) is 3.22.